The molecule has 0 radical (unpaired) electrons. The zero-order chi connectivity index (χ0) is 11.1. The van der Waals surface area contributed by atoms with Crippen LogP contribution in [0.2, 0.25) is 0 Å². The standard InChI is InChI=1S/C11H12O3S/c1-14-11(13)10-7-6-9(15-10)5-3-2-4-8-12/h6-7,12H,2,4,8H2,1H3. The van der Waals surface area contributed by atoms with Crippen molar-refractivity contribution in [1.29, 1.82) is 0 Å². The molecule has 0 spiro atoms. The van der Waals surface area contributed by atoms with Crippen LogP contribution in [0.5, 0.6) is 0 Å². The Morgan fingerprint density at radius 2 is 2.40 bits per heavy atom. The molecule has 0 amide bonds. The number of carbonyl (C=O) groups excluding carboxylic acids is 1. The Morgan fingerprint density at radius 1 is 1.60 bits per heavy atom. The number of esters is 1. The molecular formula is C11H12O3S. The fourth-order valence-corrected chi connectivity index (χ4v) is 1.73. The highest BCUT2D eigenvalue weighted by atomic mass is 32.1. The zero-order valence-electron chi connectivity index (χ0n) is 8.45. The summed E-state index contributed by atoms with van der Waals surface area (Å²) >= 11 is 1.31. The Kier molecular flexibility index (Phi) is 4.88. The van der Waals surface area contributed by atoms with Crippen LogP contribution in [0.4, 0.5) is 0 Å². The van der Waals surface area contributed by atoms with Gasteiger partial charge in [-0.15, -0.1) is 11.3 Å². The lowest BCUT2D eigenvalue weighted by molar-refractivity contribution is 0.0606. The normalized spacial score (nSPS) is 9.20. The van der Waals surface area contributed by atoms with Gasteiger partial charge in [-0.2, -0.15) is 0 Å². The smallest absolute Gasteiger partial charge is 0.348 e. The van der Waals surface area contributed by atoms with Crippen molar-refractivity contribution in [3.05, 3.63) is 21.9 Å². The average molecular weight is 224 g/mol. The second-order valence-corrected chi connectivity index (χ2v) is 3.87. The maximum absolute atomic E-state index is 11.1. The van der Waals surface area contributed by atoms with E-state index in [4.69, 9.17) is 5.11 Å². The molecule has 1 rings (SSSR count). The van der Waals surface area contributed by atoms with Gasteiger partial charge in [-0.1, -0.05) is 11.8 Å². The van der Waals surface area contributed by atoms with Crippen molar-refractivity contribution in [2.24, 2.45) is 0 Å². The number of unbranched alkanes of at least 4 members (excludes halogenated alkanes) is 1. The molecule has 3 nitrogen and oxygen atoms in total. The number of hydrogen-bond acceptors (Lipinski definition) is 4. The van der Waals surface area contributed by atoms with Crippen molar-refractivity contribution in [2.75, 3.05) is 13.7 Å². The molecule has 0 bridgehead atoms. The maximum Gasteiger partial charge on any atom is 0.348 e. The number of hydrogen-bond donors (Lipinski definition) is 1. The molecule has 0 aliphatic heterocycles. The van der Waals surface area contributed by atoms with Gasteiger partial charge in [-0.25, -0.2) is 4.79 Å². The van der Waals surface area contributed by atoms with E-state index >= 15 is 0 Å². The summed E-state index contributed by atoms with van der Waals surface area (Å²) in [5.74, 6) is 5.52. The third kappa shape index (κ3) is 3.74. The molecule has 0 saturated heterocycles. The highest BCUT2D eigenvalue weighted by Gasteiger charge is 2.07. The molecule has 0 atom stereocenters. The summed E-state index contributed by atoms with van der Waals surface area (Å²) in [5.41, 5.74) is 0. The largest absolute Gasteiger partial charge is 0.465 e. The quantitative estimate of drug-likeness (QED) is 0.482. The third-order valence-electron chi connectivity index (χ3n) is 1.66. The van der Waals surface area contributed by atoms with E-state index in [-0.39, 0.29) is 12.6 Å². The van der Waals surface area contributed by atoms with Crippen molar-refractivity contribution < 1.29 is 14.6 Å². The van der Waals surface area contributed by atoms with Crippen molar-refractivity contribution in [3.63, 3.8) is 0 Å². The SMILES string of the molecule is COC(=O)c1ccc(C#CCCCO)s1. The minimum atomic E-state index is -0.330. The van der Waals surface area contributed by atoms with Crippen molar-refractivity contribution in [1.82, 2.24) is 0 Å². The van der Waals surface area contributed by atoms with E-state index in [0.717, 1.165) is 4.88 Å². The van der Waals surface area contributed by atoms with Gasteiger partial charge in [-0.05, 0) is 18.6 Å². The van der Waals surface area contributed by atoms with Crippen LogP contribution in [-0.2, 0) is 4.74 Å². The van der Waals surface area contributed by atoms with Crippen molar-refractivity contribution in [2.45, 2.75) is 12.8 Å². The highest BCUT2D eigenvalue weighted by molar-refractivity contribution is 7.14. The Morgan fingerprint density at radius 3 is 3.07 bits per heavy atom. The number of aliphatic hydroxyl groups excluding tert-OH is 1. The predicted molar refractivity (Wildman–Crippen MR) is 58.9 cm³/mol. The number of ether oxygens (including phenoxy) is 1. The van der Waals surface area contributed by atoms with Gasteiger partial charge >= 0.3 is 5.97 Å². The number of methoxy groups -OCH3 is 1. The van der Waals surface area contributed by atoms with E-state index in [9.17, 15) is 4.79 Å². The molecule has 1 N–H and O–H groups in total. The molecule has 4 heteroatoms. The Bertz CT molecular complexity index is 384. The van der Waals surface area contributed by atoms with Gasteiger partial charge in [0.2, 0.25) is 0 Å². The molecule has 0 aliphatic carbocycles. The molecule has 0 aliphatic rings. The van der Waals surface area contributed by atoms with Crippen LogP contribution in [0.25, 0.3) is 0 Å². The van der Waals surface area contributed by atoms with Crippen LogP contribution in [0, 0.1) is 11.8 Å². The molecule has 0 saturated carbocycles. The molecule has 1 aromatic rings. The fraction of sp³-hybridized carbons (Fsp3) is 0.364. The molecule has 1 aromatic heterocycles. The Labute approximate surface area is 92.7 Å². The molecule has 1 heterocycles. The molecule has 80 valence electrons. The van der Waals surface area contributed by atoms with E-state index in [2.05, 4.69) is 16.6 Å². The second kappa shape index (κ2) is 6.23. The first-order valence-corrected chi connectivity index (χ1v) is 5.37. The first-order valence-electron chi connectivity index (χ1n) is 4.56. The lowest BCUT2D eigenvalue weighted by Gasteiger charge is -1.90. The summed E-state index contributed by atoms with van der Waals surface area (Å²) < 4.78 is 4.58. The van der Waals surface area contributed by atoms with E-state index in [1.807, 2.05) is 0 Å². The Balaban J connectivity index is 2.59. The van der Waals surface area contributed by atoms with Crippen molar-refractivity contribution in [3.8, 4) is 11.8 Å². The first kappa shape index (κ1) is 11.8. The molecule has 0 unspecified atom stereocenters. The zero-order valence-corrected chi connectivity index (χ0v) is 9.26. The third-order valence-corrected chi connectivity index (χ3v) is 2.64. The topological polar surface area (TPSA) is 46.5 Å². The lowest BCUT2D eigenvalue weighted by atomic mass is 10.3. The molecular weight excluding hydrogens is 212 g/mol. The van der Waals surface area contributed by atoms with E-state index in [1.54, 1.807) is 12.1 Å². The molecule has 0 fully saturated rings. The maximum atomic E-state index is 11.1. The fourth-order valence-electron chi connectivity index (χ4n) is 0.932. The molecule has 15 heavy (non-hydrogen) atoms. The summed E-state index contributed by atoms with van der Waals surface area (Å²) in [7, 11) is 1.36. The predicted octanol–water partition coefficient (Wildman–Crippen LogP) is 1.66. The van der Waals surface area contributed by atoms with Crippen LogP contribution in [0.3, 0.4) is 0 Å². The van der Waals surface area contributed by atoms with Crippen LogP contribution in [0.15, 0.2) is 12.1 Å². The van der Waals surface area contributed by atoms with E-state index in [1.165, 1.54) is 18.4 Å². The number of carbonyl (C=O) groups is 1. The monoisotopic (exact) mass is 224 g/mol. The van der Waals surface area contributed by atoms with Crippen LogP contribution >= 0.6 is 11.3 Å². The summed E-state index contributed by atoms with van der Waals surface area (Å²) in [4.78, 5) is 12.5. The number of aliphatic hydroxyl groups is 1. The van der Waals surface area contributed by atoms with Gasteiger partial charge in [0.25, 0.3) is 0 Å². The average Bonchev–Trinajstić information content (AvgIpc) is 2.72. The van der Waals surface area contributed by atoms with Crippen molar-refractivity contribution >= 4 is 17.3 Å². The van der Waals surface area contributed by atoms with Gasteiger partial charge in [0.05, 0.1) is 12.0 Å². The van der Waals surface area contributed by atoms with Crippen LogP contribution in [-0.4, -0.2) is 24.8 Å². The summed E-state index contributed by atoms with van der Waals surface area (Å²) in [6.07, 6.45) is 1.35. The van der Waals surface area contributed by atoms with E-state index < -0.39 is 0 Å². The number of rotatable bonds is 3. The van der Waals surface area contributed by atoms with Gasteiger partial charge in [0.1, 0.15) is 4.88 Å². The van der Waals surface area contributed by atoms with Gasteiger partial charge < -0.3 is 9.84 Å². The Hall–Kier alpha value is -1.31. The lowest BCUT2D eigenvalue weighted by Crippen LogP contribution is -1.96. The highest BCUT2D eigenvalue weighted by Crippen LogP contribution is 2.16. The summed E-state index contributed by atoms with van der Waals surface area (Å²) in [6.45, 7) is 0.159. The number of thiophene rings is 1. The summed E-state index contributed by atoms with van der Waals surface area (Å²) in [6, 6.07) is 3.50. The minimum absolute atomic E-state index is 0.159. The summed E-state index contributed by atoms with van der Waals surface area (Å²) in [5, 5.41) is 8.55. The first-order chi connectivity index (χ1) is 7.27. The van der Waals surface area contributed by atoms with Gasteiger partial charge in [0.15, 0.2) is 0 Å². The van der Waals surface area contributed by atoms with Gasteiger partial charge in [0, 0.05) is 13.0 Å². The molecule has 0 aromatic carbocycles. The van der Waals surface area contributed by atoms with Crippen LogP contribution < -0.4 is 0 Å². The van der Waals surface area contributed by atoms with Gasteiger partial charge in [-0.3, -0.25) is 0 Å². The minimum Gasteiger partial charge on any atom is -0.465 e. The van der Waals surface area contributed by atoms with E-state index in [0.29, 0.717) is 17.7 Å². The van der Waals surface area contributed by atoms with Crippen LogP contribution in [0.1, 0.15) is 27.4 Å². The second-order valence-electron chi connectivity index (χ2n) is 2.78.